The molecule has 0 aliphatic carbocycles. The number of phenols is 1. The summed E-state index contributed by atoms with van der Waals surface area (Å²) in [5, 5.41) is 15.6. The quantitative estimate of drug-likeness (QED) is 0.717. The van der Waals surface area contributed by atoms with Crippen LogP contribution >= 0.6 is 11.6 Å². The molecule has 0 aliphatic rings. The third-order valence-corrected chi connectivity index (χ3v) is 3.73. The van der Waals surface area contributed by atoms with Gasteiger partial charge in [0.15, 0.2) is 0 Å². The number of halogens is 2. The number of benzene rings is 3. The molecule has 0 aliphatic heterocycles. The van der Waals surface area contributed by atoms with Crippen LogP contribution in [-0.2, 0) is 6.54 Å². The first-order valence-electron chi connectivity index (χ1n) is 6.53. The van der Waals surface area contributed by atoms with Gasteiger partial charge in [-0.3, -0.25) is 0 Å². The molecule has 0 atom stereocenters. The fraction of sp³-hybridized carbons (Fsp3) is 0.0588. The molecule has 0 saturated carbocycles. The lowest BCUT2D eigenvalue weighted by Crippen LogP contribution is -2.01. The smallest absolute Gasteiger partial charge is 0.125 e. The normalized spacial score (nSPS) is 10.8. The maximum absolute atomic E-state index is 13.3. The Hall–Kier alpha value is -2.26. The third-order valence-electron chi connectivity index (χ3n) is 3.40. The second-order valence-corrected chi connectivity index (χ2v) is 5.17. The number of anilines is 1. The molecular weight excluding hydrogens is 289 g/mol. The van der Waals surface area contributed by atoms with Crippen LogP contribution in [0.3, 0.4) is 0 Å². The van der Waals surface area contributed by atoms with E-state index in [1.165, 1.54) is 18.2 Å². The Morgan fingerprint density at radius 2 is 1.86 bits per heavy atom. The zero-order chi connectivity index (χ0) is 14.8. The minimum absolute atomic E-state index is 0.203. The predicted octanol–water partition coefficient (Wildman–Crippen LogP) is 4.95. The second-order valence-electron chi connectivity index (χ2n) is 4.76. The number of fused-ring (bicyclic) bond motifs is 1. The van der Waals surface area contributed by atoms with Gasteiger partial charge in [0.05, 0.1) is 10.7 Å². The lowest BCUT2D eigenvalue weighted by atomic mass is 10.0. The molecule has 3 aromatic carbocycles. The molecule has 0 saturated heterocycles. The van der Waals surface area contributed by atoms with Crippen molar-refractivity contribution >= 4 is 28.1 Å². The summed E-state index contributed by atoms with van der Waals surface area (Å²) in [6, 6.07) is 15.5. The number of aromatic hydroxyl groups is 1. The summed E-state index contributed by atoms with van der Waals surface area (Å²) in [5.74, 6) is -0.155. The van der Waals surface area contributed by atoms with E-state index in [9.17, 15) is 9.50 Å². The molecule has 21 heavy (non-hydrogen) atoms. The van der Waals surface area contributed by atoms with Crippen molar-refractivity contribution in [2.24, 2.45) is 0 Å². The number of nitrogens with one attached hydrogen (secondary N) is 1. The fourth-order valence-electron chi connectivity index (χ4n) is 2.33. The molecule has 0 spiro atoms. The van der Waals surface area contributed by atoms with Crippen LogP contribution in [0.4, 0.5) is 10.1 Å². The molecule has 0 amide bonds. The van der Waals surface area contributed by atoms with Crippen LogP contribution in [0.2, 0.25) is 5.02 Å². The molecule has 106 valence electrons. The van der Waals surface area contributed by atoms with Crippen LogP contribution in [0.5, 0.6) is 5.75 Å². The Morgan fingerprint density at radius 3 is 2.71 bits per heavy atom. The summed E-state index contributed by atoms with van der Waals surface area (Å²) in [6.45, 7) is 0.357. The molecular formula is C17H13ClFNO. The molecule has 0 unspecified atom stereocenters. The Labute approximate surface area is 126 Å². The minimum atomic E-state index is -0.357. The van der Waals surface area contributed by atoms with E-state index in [1.807, 2.05) is 30.3 Å². The van der Waals surface area contributed by atoms with E-state index in [-0.39, 0.29) is 11.6 Å². The Bertz CT molecular complexity index is 804. The van der Waals surface area contributed by atoms with Crippen molar-refractivity contribution in [3.63, 3.8) is 0 Å². The standard InChI is InChI=1S/C17H13ClFNO/c18-15-7-6-12(19)9-16(15)20-10-14-13-4-2-1-3-11(13)5-8-17(14)21/h1-9,20-21H,10H2. The first kappa shape index (κ1) is 13.7. The molecule has 3 aromatic rings. The van der Waals surface area contributed by atoms with Gasteiger partial charge in [-0.1, -0.05) is 41.9 Å². The van der Waals surface area contributed by atoms with Crippen molar-refractivity contribution in [1.29, 1.82) is 0 Å². The van der Waals surface area contributed by atoms with E-state index < -0.39 is 0 Å². The molecule has 0 radical (unpaired) electrons. The van der Waals surface area contributed by atoms with Gasteiger partial charge in [0, 0.05) is 12.1 Å². The molecule has 0 aromatic heterocycles. The highest BCUT2D eigenvalue weighted by Gasteiger charge is 2.08. The zero-order valence-electron chi connectivity index (χ0n) is 11.1. The molecule has 2 nitrogen and oxygen atoms in total. The Kier molecular flexibility index (Phi) is 3.67. The molecule has 0 heterocycles. The summed E-state index contributed by atoms with van der Waals surface area (Å²) in [4.78, 5) is 0. The van der Waals surface area contributed by atoms with Crippen LogP contribution < -0.4 is 5.32 Å². The van der Waals surface area contributed by atoms with E-state index in [0.29, 0.717) is 17.3 Å². The molecule has 4 heteroatoms. The maximum atomic E-state index is 13.3. The van der Waals surface area contributed by atoms with Crippen molar-refractivity contribution in [2.75, 3.05) is 5.32 Å². The van der Waals surface area contributed by atoms with Crippen molar-refractivity contribution in [1.82, 2.24) is 0 Å². The van der Waals surface area contributed by atoms with Crippen molar-refractivity contribution in [3.8, 4) is 5.75 Å². The number of hydrogen-bond acceptors (Lipinski definition) is 2. The maximum Gasteiger partial charge on any atom is 0.125 e. The fourth-order valence-corrected chi connectivity index (χ4v) is 2.51. The van der Waals surface area contributed by atoms with Gasteiger partial charge in [-0.05, 0) is 35.0 Å². The number of rotatable bonds is 3. The highest BCUT2D eigenvalue weighted by molar-refractivity contribution is 6.33. The van der Waals surface area contributed by atoms with Gasteiger partial charge in [0.2, 0.25) is 0 Å². The lowest BCUT2D eigenvalue weighted by Gasteiger charge is -2.12. The van der Waals surface area contributed by atoms with Gasteiger partial charge in [-0.15, -0.1) is 0 Å². The zero-order valence-corrected chi connectivity index (χ0v) is 11.9. The van der Waals surface area contributed by atoms with Gasteiger partial charge in [0.25, 0.3) is 0 Å². The minimum Gasteiger partial charge on any atom is -0.508 e. The van der Waals surface area contributed by atoms with Crippen LogP contribution in [0.1, 0.15) is 5.56 Å². The van der Waals surface area contributed by atoms with E-state index >= 15 is 0 Å². The largest absolute Gasteiger partial charge is 0.508 e. The Balaban J connectivity index is 1.95. The first-order chi connectivity index (χ1) is 10.1. The predicted molar refractivity (Wildman–Crippen MR) is 84.3 cm³/mol. The van der Waals surface area contributed by atoms with Crippen LogP contribution in [0, 0.1) is 5.82 Å². The summed E-state index contributed by atoms with van der Waals surface area (Å²) < 4.78 is 13.3. The van der Waals surface area contributed by atoms with Gasteiger partial charge in [0.1, 0.15) is 11.6 Å². The van der Waals surface area contributed by atoms with Crippen molar-refractivity contribution in [2.45, 2.75) is 6.54 Å². The van der Waals surface area contributed by atoms with Gasteiger partial charge in [-0.25, -0.2) is 4.39 Å². The first-order valence-corrected chi connectivity index (χ1v) is 6.91. The van der Waals surface area contributed by atoms with E-state index in [1.54, 1.807) is 6.07 Å². The van der Waals surface area contributed by atoms with Gasteiger partial charge >= 0.3 is 0 Å². The second kappa shape index (κ2) is 5.62. The van der Waals surface area contributed by atoms with Crippen molar-refractivity contribution in [3.05, 3.63) is 71.0 Å². The van der Waals surface area contributed by atoms with Crippen LogP contribution in [0.15, 0.2) is 54.6 Å². The summed E-state index contributed by atoms with van der Waals surface area (Å²) in [6.07, 6.45) is 0. The molecule has 3 rings (SSSR count). The lowest BCUT2D eigenvalue weighted by molar-refractivity contribution is 0.470. The molecule has 0 bridgehead atoms. The summed E-state index contributed by atoms with van der Waals surface area (Å²) in [5.41, 5.74) is 1.26. The van der Waals surface area contributed by atoms with E-state index in [4.69, 9.17) is 11.6 Å². The SMILES string of the molecule is Oc1ccc2ccccc2c1CNc1cc(F)ccc1Cl. The highest BCUT2D eigenvalue weighted by Crippen LogP contribution is 2.29. The number of phenolic OH excluding ortho intramolecular Hbond substituents is 1. The Morgan fingerprint density at radius 1 is 1.05 bits per heavy atom. The van der Waals surface area contributed by atoms with E-state index in [2.05, 4.69) is 5.32 Å². The van der Waals surface area contributed by atoms with Crippen molar-refractivity contribution < 1.29 is 9.50 Å². The van der Waals surface area contributed by atoms with Crippen LogP contribution in [0.25, 0.3) is 10.8 Å². The highest BCUT2D eigenvalue weighted by atomic mass is 35.5. The van der Waals surface area contributed by atoms with E-state index in [0.717, 1.165) is 16.3 Å². The third kappa shape index (κ3) is 2.78. The average Bonchev–Trinajstić information content (AvgIpc) is 2.49. The summed E-state index contributed by atoms with van der Waals surface area (Å²) >= 11 is 6.03. The van der Waals surface area contributed by atoms with Gasteiger partial charge < -0.3 is 10.4 Å². The van der Waals surface area contributed by atoms with Gasteiger partial charge in [-0.2, -0.15) is 0 Å². The molecule has 0 fully saturated rings. The molecule has 2 N–H and O–H groups in total. The topological polar surface area (TPSA) is 32.3 Å². The monoisotopic (exact) mass is 301 g/mol. The average molecular weight is 302 g/mol. The number of hydrogen-bond donors (Lipinski definition) is 2. The van der Waals surface area contributed by atoms with Crippen LogP contribution in [-0.4, -0.2) is 5.11 Å². The summed E-state index contributed by atoms with van der Waals surface area (Å²) in [7, 11) is 0.